The van der Waals surface area contributed by atoms with Crippen LogP contribution in [0, 0.1) is 16.2 Å². The van der Waals surface area contributed by atoms with Gasteiger partial charge in [-0.1, -0.05) is 25.3 Å². The van der Waals surface area contributed by atoms with Gasteiger partial charge >= 0.3 is 0 Å². The summed E-state index contributed by atoms with van der Waals surface area (Å²) in [6.07, 6.45) is 6.30. The zero-order chi connectivity index (χ0) is 35.2. The second-order valence-electron chi connectivity index (χ2n) is 16.2. The SMILES string of the molecule is C=S(=O)(NC(=O)c1ccc2c(C3CCCCC3)c3n(c2c1)CC1(C(=O)N2C[C@@]4(CO)CNC[C@@]4(COC)C2)CC1c1cc(O)ccc1-3)C(C)C. The van der Waals surface area contributed by atoms with Crippen LogP contribution in [-0.4, -0.2) is 93.3 Å². The molecule has 4 fully saturated rings. The Morgan fingerprint density at radius 3 is 2.54 bits per heavy atom. The van der Waals surface area contributed by atoms with Crippen molar-refractivity contribution in [2.45, 2.75) is 76.0 Å². The van der Waals surface area contributed by atoms with Crippen molar-refractivity contribution in [1.29, 1.82) is 0 Å². The number of rotatable bonds is 8. The van der Waals surface area contributed by atoms with Gasteiger partial charge in [0.25, 0.3) is 5.91 Å². The molecule has 4 heterocycles. The molecule has 3 aliphatic heterocycles. The lowest BCUT2D eigenvalue weighted by Gasteiger charge is -2.35. The van der Waals surface area contributed by atoms with E-state index in [2.05, 4.69) is 20.5 Å². The maximum Gasteiger partial charge on any atom is 0.262 e. The summed E-state index contributed by atoms with van der Waals surface area (Å²) in [5.74, 6) is 3.88. The molecule has 2 aromatic carbocycles. The maximum absolute atomic E-state index is 15.1. The first-order valence-electron chi connectivity index (χ1n) is 18.2. The number of amides is 2. The van der Waals surface area contributed by atoms with Gasteiger partial charge in [0, 0.05) is 83.9 Å². The first-order valence-corrected chi connectivity index (χ1v) is 20.0. The summed E-state index contributed by atoms with van der Waals surface area (Å²) in [6, 6.07) is 11.4. The topological polar surface area (TPSA) is 133 Å². The summed E-state index contributed by atoms with van der Waals surface area (Å²) >= 11 is 0. The van der Waals surface area contributed by atoms with Gasteiger partial charge in [-0.05, 0) is 86.4 Å². The fourth-order valence-corrected chi connectivity index (χ4v) is 10.7. The van der Waals surface area contributed by atoms with E-state index in [0.717, 1.165) is 53.4 Å². The van der Waals surface area contributed by atoms with Crippen LogP contribution in [0.15, 0.2) is 36.4 Å². The van der Waals surface area contributed by atoms with E-state index in [1.807, 2.05) is 35.2 Å². The standard InChI is InChI=1S/C39H50N4O6S/c1-24(2)50(4,48)41-35(46)26-10-12-29-32(14-26)43-21-39(36(47)42-19-37(22-44)17-40-18-38(37,20-42)23-49-3)16-31(39)30-15-27(45)11-13-28(30)34(43)33(29)25-8-6-5-7-9-25/h10-15,24-25,31,40,44-45H,4-9,16-23H2,1-3H3,(H,41,46,48)/t31?,37-,38+,39?,50?/m1/s1. The summed E-state index contributed by atoms with van der Waals surface area (Å²) in [7, 11) is -1.17. The molecule has 11 heteroatoms. The first kappa shape index (κ1) is 33.7. The number of aromatic hydroxyl groups is 1. The molecule has 2 amide bonds. The minimum atomic E-state index is -2.85. The highest BCUT2D eigenvalue weighted by Gasteiger charge is 2.68. The van der Waals surface area contributed by atoms with E-state index in [0.29, 0.717) is 57.2 Å². The lowest BCUT2D eigenvalue weighted by atomic mass is 9.69. The second kappa shape index (κ2) is 11.8. The minimum Gasteiger partial charge on any atom is -0.508 e. The maximum atomic E-state index is 15.1. The Balaban J connectivity index is 1.29. The third kappa shape index (κ3) is 4.90. The van der Waals surface area contributed by atoms with Crippen LogP contribution in [0.4, 0.5) is 0 Å². The second-order valence-corrected chi connectivity index (χ2v) is 18.8. The van der Waals surface area contributed by atoms with E-state index in [4.69, 9.17) is 4.74 Å². The number of aliphatic hydroxyl groups is 1. The lowest BCUT2D eigenvalue weighted by molar-refractivity contribution is -0.137. The van der Waals surface area contributed by atoms with Crippen molar-refractivity contribution in [1.82, 2.24) is 19.5 Å². The number of fused-ring (bicyclic) bond motifs is 8. The number of ether oxygens (including phenoxy) is 1. The minimum absolute atomic E-state index is 0.0291. The highest BCUT2D eigenvalue weighted by molar-refractivity contribution is 7.99. The van der Waals surface area contributed by atoms with Crippen LogP contribution in [0.5, 0.6) is 5.75 Å². The Hall–Kier alpha value is -3.38. The van der Waals surface area contributed by atoms with E-state index < -0.39 is 26.4 Å². The van der Waals surface area contributed by atoms with Crippen molar-refractivity contribution in [2.75, 3.05) is 46.5 Å². The molecule has 10 nitrogen and oxygen atoms in total. The number of phenolic OH excluding ortho intramolecular Hbond substituents is 1. The number of hydrogen-bond donors (Lipinski definition) is 4. The van der Waals surface area contributed by atoms with Crippen molar-refractivity contribution in [3.63, 3.8) is 0 Å². The Morgan fingerprint density at radius 2 is 1.82 bits per heavy atom. The Kier molecular flexibility index (Phi) is 7.98. The van der Waals surface area contributed by atoms with Crippen LogP contribution in [0.3, 0.4) is 0 Å². The largest absolute Gasteiger partial charge is 0.508 e. The zero-order valence-corrected chi connectivity index (χ0v) is 30.2. The van der Waals surface area contributed by atoms with Crippen LogP contribution in [0.2, 0.25) is 0 Å². The highest BCUT2D eigenvalue weighted by Crippen LogP contribution is 2.67. The average molecular weight is 703 g/mol. The first-order chi connectivity index (χ1) is 23.9. The summed E-state index contributed by atoms with van der Waals surface area (Å²) in [6.45, 7) is 6.69. The summed E-state index contributed by atoms with van der Waals surface area (Å²) in [5, 5.41) is 25.8. The number of nitrogens with zero attached hydrogens (tertiary/aromatic N) is 2. The van der Waals surface area contributed by atoms with E-state index in [-0.39, 0.29) is 34.8 Å². The van der Waals surface area contributed by atoms with Gasteiger partial charge in [0.05, 0.1) is 34.0 Å². The van der Waals surface area contributed by atoms with Crippen LogP contribution in [0.1, 0.15) is 85.7 Å². The predicted octanol–water partition coefficient (Wildman–Crippen LogP) is 4.38. The number of phenols is 1. The predicted molar refractivity (Wildman–Crippen MR) is 196 cm³/mol. The van der Waals surface area contributed by atoms with E-state index in [1.54, 1.807) is 27.0 Å². The quantitative estimate of drug-likeness (QED) is 0.256. The monoisotopic (exact) mass is 702 g/mol. The normalized spacial score (nSPS) is 29.9. The van der Waals surface area contributed by atoms with Gasteiger partial charge in [0.15, 0.2) is 0 Å². The molecule has 2 saturated carbocycles. The third-order valence-electron chi connectivity index (χ3n) is 13.1. The van der Waals surface area contributed by atoms with E-state index in [1.165, 1.54) is 12.0 Å². The fraction of sp³-hybridized carbons (Fsp3) is 0.564. The molecule has 2 saturated heterocycles. The van der Waals surface area contributed by atoms with Crippen LogP contribution < -0.4 is 10.0 Å². The van der Waals surface area contributed by atoms with Gasteiger partial charge in [-0.25, -0.2) is 4.21 Å². The van der Waals surface area contributed by atoms with E-state index >= 15 is 4.79 Å². The number of carbonyl (C=O) groups excluding carboxylic acids is 2. The lowest BCUT2D eigenvalue weighted by Crippen LogP contribution is -2.45. The number of aliphatic hydroxyl groups excluding tert-OH is 1. The summed E-state index contributed by atoms with van der Waals surface area (Å²) < 4.78 is 23.8. The van der Waals surface area contributed by atoms with Crippen LogP contribution >= 0.6 is 0 Å². The third-order valence-corrected chi connectivity index (χ3v) is 15.1. The van der Waals surface area contributed by atoms with Crippen molar-refractivity contribution in [2.24, 2.45) is 16.2 Å². The Labute approximate surface area is 294 Å². The van der Waals surface area contributed by atoms with Gasteiger partial charge in [0.2, 0.25) is 5.91 Å². The van der Waals surface area contributed by atoms with Crippen molar-refractivity contribution in [3.05, 3.63) is 53.1 Å². The molecule has 268 valence electrons. The Morgan fingerprint density at radius 1 is 1.08 bits per heavy atom. The zero-order valence-electron chi connectivity index (χ0n) is 29.4. The fourth-order valence-electron chi connectivity index (χ4n) is 10.0. The molecule has 0 spiro atoms. The molecule has 5 atom stereocenters. The van der Waals surface area contributed by atoms with Crippen LogP contribution in [0.25, 0.3) is 22.2 Å². The van der Waals surface area contributed by atoms with Gasteiger partial charge < -0.3 is 29.7 Å². The number of nitrogens with one attached hydrogen (secondary N) is 2. The van der Waals surface area contributed by atoms with Gasteiger partial charge in [-0.15, -0.1) is 0 Å². The van der Waals surface area contributed by atoms with Crippen LogP contribution in [-0.2, 0) is 25.8 Å². The van der Waals surface area contributed by atoms with Crippen molar-refractivity contribution in [3.8, 4) is 17.0 Å². The number of hydrogen-bond acceptors (Lipinski definition) is 7. The molecule has 0 bridgehead atoms. The molecule has 5 aliphatic rings. The number of likely N-dealkylation sites (tertiary alicyclic amines) is 1. The molecule has 3 aromatic rings. The Bertz CT molecular complexity index is 2000. The molecule has 4 N–H and O–H groups in total. The smallest absolute Gasteiger partial charge is 0.262 e. The molecular formula is C39H50N4O6S. The van der Waals surface area contributed by atoms with Gasteiger partial charge in [-0.2, -0.15) is 0 Å². The molecule has 3 unspecified atom stereocenters. The van der Waals surface area contributed by atoms with Crippen molar-refractivity contribution < 1.29 is 28.7 Å². The molecule has 8 rings (SSSR count). The molecule has 2 aliphatic carbocycles. The number of methoxy groups -OCH3 is 1. The molecular weight excluding hydrogens is 653 g/mol. The van der Waals surface area contributed by atoms with Gasteiger partial charge in [-0.3, -0.25) is 14.3 Å². The summed E-state index contributed by atoms with van der Waals surface area (Å²) in [5.41, 5.74) is 4.04. The highest BCUT2D eigenvalue weighted by atomic mass is 32.2. The molecule has 1 aromatic heterocycles. The van der Waals surface area contributed by atoms with Crippen molar-refractivity contribution >= 4 is 38.3 Å². The average Bonchev–Trinajstić information content (AvgIpc) is 3.47. The molecule has 0 radical (unpaired) electrons. The van der Waals surface area contributed by atoms with E-state index in [9.17, 15) is 19.2 Å². The molecule has 50 heavy (non-hydrogen) atoms. The number of aromatic nitrogens is 1. The summed E-state index contributed by atoms with van der Waals surface area (Å²) in [4.78, 5) is 30.7. The number of benzene rings is 2. The van der Waals surface area contributed by atoms with Gasteiger partial charge in [0.1, 0.15) is 5.75 Å². The number of carbonyl (C=O) groups is 2.